The van der Waals surface area contributed by atoms with Crippen molar-refractivity contribution in [2.45, 2.75) is 13.5 Å². The van der Waals surface area contributed by atoms with Gasteiger partial charge in [0, 0.05) is 18.7 Å². The van der Waals surface area contributed by atoms with E-state index in [0.29, 0.717) is 13.1 Å². The molecular weight excluding hydrogens is 232 g/mol. The molecule has 0 spiro atoms. The van der Waals surface area contributed by atoms with E-state index in [1.54, 1.807) is 7.11 Å². The molecule has 0 saturated heterocycles. The predicted octanol–water partition coefficient (Wildman–Crippen LogP) is 1.45. The van der Waals surface area contributed by atoms with Crippen LogP contribution >= 0.6 is 0 Å². The Morgan fingerprint density at radius 3 is 2.78 bits per heavy atom. The van der Waals surface area contributed by atoms with E-state index in [-0.39, 0.29) is 6.61 Å². The average Bonchev–Trinajstić information content (AvgIpc) is 2.37. The third kappa shape index (κ3) is 4.63. The number of aryl methyl sites for hydroxylation is 1. The van der Waals surface area contributed by atoms with Gasteiger partial charge in [0.2, 0.25) is 0 Å². The summed E-state index contributed by atoms with van der Waals surface area (Å²) in [5.41, 5.74) is 1.96. The molecule has 100 valence electrons. The SMILES string of the molecule is CNCCNC(=O)OCc1cc(C)ccc1OC. The van der Waals surface area contributed by atoms with Crippen LogP contribution in [0.15, 0.2) is 18.2 Å². The van der Waals surface area contributed by atoms with Crippen molar-refractivity contribution in [2.75, 3.05) is 27.2 Å². The van der Waals surface area contributed by atoms with Crippen molar-refractivity contribution in [1.82, 2.24) is 10.6 Å². The normalized spacial score (nSPS) is 9.94. The number of methoxy groups -OCH3 is 1. The van der Waals surface area contributed by atoms with Crippen LogP contribution in [-0.4, -0.2) is 33.3 Å². The number of alkyl carbamates (subject to hydrolysis) is 1. The molecule has 2 N–H and O–H groups in total. The van der Waals surface area contributed by atoms with E-state index in [9.17, 15) is 4.79 Å². The number of rotatable bonds is 6. The van der Waals surface area contributed by atoms with Crippen LogP contribution < -0.4 is 15.4 Å². The Kier molecular flexibility index (Phi) is 6.00. The first-order chi connectivity index (χ1) is 8.67. The van der Waals surface area contributed by atoms with E-state index in [4.69, 9.17) is 9.47 Å². The molecule has 5 heteroatoms. The molecule has 18 heavy (non-hydrogen) atoms. The maximum Gasteiger partial charge on any atom is 0.407 e. The number of benzene rings is 1. The highest BCUT2D eigenvalue weighted by Gasteiger charge is 2.06. The molecule has 0 saturated carbocycles. The van der Waals surface area contributed by atoms with E-state index in [1.807, 2.05) is 32.2 Å². The first-order valence-electron chi connectivity index (χ1n) is 5.86. The monoisotopic (exact) mass is 252 g/mol. The molecular formula is C13H20N2O3. The Morgan fingerprint density at radius 1 is 1.33 bits per heavy atom. The van der Waals surface area contributed by atoms with Crippen LogP contribution in [0.2, 0.25) is 0 Å². The highest BCUT2D eigenvalue weighted by molar-refractivity contribution is 5.67. The number of hydrogen-bond donors (Lipinski definition) is 2. The third-order valence-electron chi connectivity index (χ3n) is 2.44. The molecule has 1 rings (SSSR count). The molecule has 1 amide bonds. The molecule has 0 fully saturated rings. The van der Waals surface area contributed by atoms with Crippen LogP contribution in [-0.2, 0) is 11.3 Å². The van der Waals surface area contributed by atoms with Crippen LogP contribution in [0.5, 0.6) is 5.75 Å². The Hall–Kier alpha value is -1.75. The van der Waals surface area contributed by atoms with Gasteiger partial charge < -0.3 is 20.1 Å². The standard InChI is InChI=1S/C13H20N2O3/c1-10-4-5-12(17-3)11(8-10)9-18-13(16)15-7-6-14-2/h4-5,8,14H,6-7,9H2,1-3H3,(H,15,16). The molecule has 0 atom stereocenters. The summed E-state index contributed by atoms with van der Waals surface area (Å²) in [7, 11) is 3.42. The van der Waals surface area contributed by atoms with Gasteiger partial charge in [-0.3, -0.25) is 0 Å². The molecule has 1 aromatic rings. The molecule has 0 aliphatic carbocycles. The van der Waals surface area contributed by atoms with Crippen LogP contribution in [0, 0.1) is 6.92 Å². The largest absolute Gasteiger partial charge is 0.496 e. The average molecular weight is 252 g/mol. The van der Waals surface area contributed by atoms with Crippen molar-refractivity contribution in [2.24, 2.45) is 0 Å². The van der Waals surface area contributed by atoms with Gasteiger partial charge in [-0.25, -0.2) is 4.79 Å². The molecule has 0 radical (unpaired) electrons. The van der Waals surface area contributed by atoms with E-state index >= 15 is 0 Å². The second-order valence-corrected chi connectivity index (χ2v) is 3.92. The van der Waals surface area contributed by atoms with Gasteiger partial charge in [-0.2, -0.15) is 0 Å². The lowest BCUT2D eigenvalue weighted by atomic mass is 10.1. The van der Waals surface area contributed by atoms with E-state index < -0.39 is 6.09 Å². The zero-order valence-corrected chi connectivity index (χ0v) is 11.1. The molecule has 0 aliphatic heterocycles. The van der Waals surface area contributed by atoms with Crippen LogP contribution in [0.1, 0.15) is 11.1 Å². The summed E-state index contributed by atoms with van der Waals surface area (Å²) < 4.78 is 10.3. The molecule has 0 aromatic heterocycles. The summed E-state index contributed by atoms with van der Waals surface area (Å²) in [6.45, 7) is 3.44. The van der Waals surface area contributed by atoms with Gasteiger partial charge in [0.1, 0.15) is 12.4 Å². The number of ether oxygens (including phenoxy) is 2. The molecule has 0 unspecified atom stereocenters. The first-order valence-corrected chi connectivity index (χ1v) is 5.86. The van der Waals surface area contributed by atoms with Gasteiger partial charge in [0.05, 0.1) is 7.11 Å². The Labute approximate surface area is 107 Å². The second kappa shape index (κ2) is 7.55. The number of likely N-dealkylation sites (N-methyl/N-ethyl adjacent to an activating group) is 1. The zero-order chi connectivity index (χ0) is 13.4. The molecule has 1 aromatic carbocycles. The highest BCUT2D eigenvalue weighted by Crippen LogP contribution is 2.20. The van der Waals surface area contributed by atoms with Crippen molar-refractivity contribution >= 4 is 6.09 Å². The van der Waals surface area contributed by atoms with E-state index in [1.165, 1.54) is 0 Å². The van der Waals surface area contributed by atoms with Crippen LogP contribution in [0.4, 0.5) is 4.79 Å². The number of carbonyl (C=O) groups excluding carboxylic acids is 1. The second-order valence-electron chi connectivity index (χ2n) is 3.92. The maximum absolute atomic E-state index is 11.4. The molecule has 0 heterocycles. The summed E-state index contributed by atoms with van der Waals surface area (Å²) in [5.74, 6) is 0.726. The summed E-state index contributed by atoms with van der Waals surface area (Å²) >= 11 is 0. The molecule has 5 nitrogen and oxygen atoms in total. The van der Waals surface area contributed by atoms with Crippen LogP contribution in [0.25, 0.3) is 0 Å². The van der Waals surface area contributed by atoms with E-state index in [2.05, 4.69) is 10.6 Å². The number of amides is 1. The Bertz CT molecular complexity index is 394. The van der Waals surface area contributed by atoms with Crippen molar-refractivity contribution < 1.29 is 14.3 Å². The lowest BCUT2D eigenvalue weighted by molar-refractivity contribution is 0.138. The quantitative estimate of drug-likeness (QED) is 0.752. The summed E-state index contributed by atoms with van der Waals surface area (Å²) in [6, 6.07) is 5.77. The fraction of sp³-hybridized carbons (Fsp3) is 0.462. The summed E-state index contributed by atoms with van der Waals surface area (Å²) in [6.07, 6.45) is -0.422. The minimum Gasteiger partial charge on any atom is -0.496 e. The fourth-order valence-corrected chi connectivity index (χ4v) is 1.50. The van der Waals surface area contributed by atoms with E-state index in [0.717, 1.165) is 16.9 Å². The number of carbonyl (C=O) groups is 1. The van der Waals surface area contributed by atoms with Gasteiger partial charge in [-0.15, -0.1) is 0 Å². The van der Waals surface area contributed by atoms with Crippen molar-refractivity contribution in [3.8, 4) is 5.75 Å². The minimum atomic E-state index is -0.422. The van der Waals surface area contributed by atoms with Gasteiger partial charge in [-0.05, 0) is 26.1 Å². The van der Waals surface area contributed by atoms with Gasteiger partial charge in [0.25, 0.3) is 0 Å². The van der Waals surface area contributed by atoms with Crippen molar-refractivity contribution in [3.05, 3.63) is 29.3 Å². The van der Waals surface area contributed by atoms with Gasteiger partial charge in [-0.1, -0.05) is 11.6 Å². The zero-order valence-electron chi connectivity index (χ0n) is 11.1. The van der Waals surface area contributed by atoms with Gasteiger partial charge >= 0.3 is 6.09 Å². The minimum absolute atomic E-state index is 0.205. The smallest absolute Gasteiger partial charge is 0.407 e. The molecule has 0 aliphatic rings. The number of hydrogen-bond acceptors (Lipinski definition) is 4. The third-order valence-corrected chi connectivity index (χ3v) is 2.44. The maximum atomic E-state index is 11.4. The summed E-state index contributed by atoms with van der Waals surface area (Å²) in [4.78, 5) is 11.4. The lowest BCUT2D eigenvalue weighted by Crippen LogP contribution is -2.30. The Balaban J connectivity index is 2.47. The summed E-state index contributed by atoms with van der Waals surface area (Å²) in [5, 5.41) is 5.57. The number of nitrogens with one attached hydrogen (secondary N) is 2. The lowest BCUT2D eigenvalue weighted by Gasteiger charge is -2.10. The van der Waals surface area contributed by atoms with Crippen molar-refractivity contribution in [3.63, 3.8) is 0 Å². The molecule has 0 bridgehead atoms. The topological polar surface area (TPSA) is 59.6 Å². The van der Waals surface area contributed by atoms with Crippen LogP contribution in [0.3, 0.4) is 0 Å². The fourth-order valence-electron chi connectivity index (χ4n) is 1.50. The predicted molar refractivity (Wildman–Crippen MR) is 69.8 cm³/mol. The first kappa shape index (κ1) is 14.3. The highest BCUT2D eigenvalue weighted by atomic mass is 16.5. The van der Waals surface area contributed by atoms with Gasteiger partial charge in [0.15, 0.2) is 0 Å². The van der Waals surface area contributed by atoms with Crippen molar-refractivity contribution in [1.29, 1.82) is 0 Å². The Morgan fingerprint density at radius 2 is 2.11 bits per heavy atom.